The summed E-state index contributed by atoms with van der Waals surface area (Å²) in [6.07, 6.45) is 0. The van der Waals surface area contributed by atoms with Gasteiger partial charge < -0.3 is 9.15 Å². The van der Waals surface area contributed by atoms with Crippen LogP contribution in [0.5, 0.6) is 0 Å². The molecule has 0 unspecified atom stereocenters. The van der Waals surface area contributed by atoms with E-state index < -0.39 is 5.97 Å². The van der Waals surface area contributed by atoms with Gasteiger partial charge in [-0.15, -0.1) is 10.2 Å². The van der Waals surface area contributed by atoms with Crippen molar-refractivity contribution in [1.82, 2.24) is 15.2 Å². The normalized spacial score (nSPS) is 10.7. The number of para-hydroxylation sites is 1. The molecule has 0 N–H and O–H groups in total. The average Bonchev–Trinajstić information content (AvgIpc) is 2.95. The summed E-state index contributed by atoms with van der Waals surface area (Å²) >= 11 is 0. The highest BCUT2D eigenvalue weighted by molar-refractivity contribution is 5.93. The molecule has 100 valence electrons. The summed E-state index contributed by atoms with van der Waals surface area (Å²) in [6.45, 7) is 1.88. The zero-order valence-corrected chi connectivity index (χ0v) is 11.0. The van der Waals surface area contributed by atoms with Crippen molar-refractivity contribution < 1.29 is 13.9 Å². The molecule has 2 heterocycles. The summed E-state index contributed by atoms with van der Waals surface area (Å²) in [5.74, 6) is -0.549. The third-order valence-electron chi connectivity index (χ3n) is 2.86. The van der Waals surface area contributed by atoms with Gasteiger partial charge in [-0.3, -0.25) is 4.98 Å². The van der Waals surface area contributed by atoms with Crippen LogP contribution in [-0.2, 0) is 4.74 Å². The summed E-state index contributed by atoms with van der Waals surface area (Å²) in [4.78, 5) is 15.8. The number of pyridine rings is 1. The summed E-state index contributed by atoms with van der Waals surface area (Å²) in [5.41, 5.74) is 2.41. The first kappa shape index (κ1) is 12.3. The highest BCUT2D eigenvalue weighted by Crippen LogP contribution is 2.27. The Balaban J connectivity index is 2.19. The topological polar surface area (TPSA) is 78.1 Å². The number of carbonyl (C=O) groups is 1. The van der Waals surface area contributed by atoms with Gasteiger partial charge >= 0.3 is 11.9 Å². The second-order valence-electron chi connectivity index (χ2n) is 4.23. The van der Waals surface area contributed by atoms with Gasteiger partial charge in [-0.1, -0.05) is 18.2 Å². The van der Waals surface area contributed by atoms with Crippen LogP contribution in [0.2, 0.25) is 0 Å². The number of hydrogen-bond acceptors (Lipinski definition) is 6. The summed E-state index contributed by atoms with van der Waals surface area (Å²) in [5, 5.41) is 8.48. The van der Waals surface area contributed by atoms with Gasteiger partial charge in [0.2, 0.25) is 5.89 Å². The van der Waals surface area contributed by atoms with E-state index in [4.69, 9.17) is 4.42 Å². The predicted octanol–water partition coefficient (Wildman–Crippen LogP) is 2.38. The number of esters is 1. The maximum absolute atomic E-state index is 11.4. The van der Waals surface area contributed by atoms with Gasteiger partial charge in [-0.2, -0.15) is 0 Å². The lowest BCUT2D eigenvalue weighted by atomic mass is 10.1. The van der Waals surface area contributed by atoms with Gasteiger partial charge in [-0.25, -0.2) is 4.79 Å². The van der Waals surface area contributed by atoms with E-state index in [1.807, 2.05) is 37.3 Å². The number of aryl methyl sites for hydroxylation is 1. The standard InChI is InChI=1S/C14H11N3O3/c1-8-7-10(9-5-3-4-6-11(9)15-8)12-16-17-13(20-12)14(18)19-2/h3-7H,1-2H3. The fourth-order valence-corrected chi connectivity index (χ4v) is 1.99. The SMILES string of the molecule is COC(=O)c1nnc(-c2cc(C)nc3ccccc23)o1. The molecule has 6 heteroatoms. The third-order valence-corrected chi connectivity index (χ3v) is 2.86. The summed E-state index contributed by atoms with van der Waals surface area (Å²) in [6, 6.07) is 9.48. The van der Waals surface area contributed by atoms with Crippen LogP contribution in [0.15, 0.2) is 34.7 Å². The van der Waals surface area contributed by atoms with Gasteiger partial charge in [0.15, 0.2) is 0 Å². The van der Waals surface area contributed by atoms with Crippen molar-refractivity contribution in [2.45, 2.75) is 6.92 Å². The zero-order valence-electron chi connectivity index (χ0n) is 11.0. The molecule has 0 spiro atoms. The third kappa shape index (κ3) is 2.01. The molecule has 0 bridgehead atoms. The molecule has 0 radical (unpaired) electrons. The van der Waals surface area contributed by atoms with E-state index in [0.29, 0.717) is 0 Å². The molecular formula is C14H11N3O3. The first-order chi connectivity index (χ1) is 9.69. The fourth-order valence-electron chi connectivity index (χ4n) is 1.99. The van der Waals surface area contributed by atoms with Crippen LogP contribution < -0.4 is 0 Å². The van der Waals surface area contributed by atoms with Crippen molar-refractivity contribution in [2.75, 3.05) is 7.11 Å². The van der Waals surface area contributed by atoms with Crippen molar-refractivity contribution in [1.29, 1.82) is 0 Å². The van der Waals surface area contributed by atoms with Crippen molar-refractivity contribution >= 4 is 16.9 Å². The molecule has 20 heavy (non-hydrogen) atoms. The van der Waals surface area contributed by atoms with Crippen molar-refractivity contribution in [3.05, 3.63) is 41.9 Å². The monoisotopic (exact) mass is 269 g/mol. The van der Waals surface area contributed by atoms with Crippen LogP contribution in [0.25, 0.3) is 22.4 Å². The van der Waals surface area contributed by atoms with E-state index in [2.05, 4.69) is 19.9 Å². The van der Waals surface area contributed by atoms with E-state index in [-0.39, 0.29) is 11.8 Å². The summed E-state index contributed by atoms with van der Waals surface area (Å²) in [7, 11) is 1.26. The molecule has 0 fully saturated rings. The molecule has 6 nitrogen and oxygen atoms in total. The van der Waals surface area contributed by atoms with E-state index in [1.54, 1.807) is 0 Å². The molecule has 0 atom stereocenters. The molecule has 0 aliphatic heterocycles. The Morgan fingerprint density at radius 2 is 2.05 bits per heavy atom. The Hall–Kier alpha value is -2.76. The molecule has 0 saturated heterocycles. The lowest BCUT2D eigenvalue weighted by molar-refractivity contribution is 0.0556. The number of benzene rings is 1. The maximum Gasteiger partial charge on any atom is 0.396 e. The zero-order chi connectivity index (χ0) is 14.1. The number of carbonyl (C=O) groups excluding carboxylic acids is 1. The number of rotatable bonds is 2. The van der Waals surface area contributed by atoms with Crippen molar-refractivity contribution in [3.63, 3.8) is 0 Å². The minimum atomic E-state index is -0.654. The molecule has 3 aromatic rings. The molecule has 1 aromatic carbocycles. The fraction of sp³-hybridized carbons (Fsp3) is 0.143. The molecule has 0 saturated carbocycles. The van der Waals surface area contributed by atoms with Crippen LogP contribution in [0.4, 0.5) is 0 Å². The minimum absolute atomic E-state index is 0.166. The van der Waals surface area contributed by atoms with E-state index in [1.165, 1.54) is 7.11 Å². The highest BCUT2D eigenvalue weighted by Gasteiger charge is 2.18. The Labute approximate surface area is 114 Å². The first-order valence-corrected chi connectivity index (χ1v) is 5.97. The predicted molar refractivity (Wildman–Crippen MR) is 71.1 cm³/mol. The Bertz CT molecular complexity index is 795. The number of ether oxygens (including phenoxy) is 1. The molecule has 0 aliphatic carbocycles. The Morgan fingerprint density at radius 1 is 1.25 bits per heavy atom. The lowest BCUT2D eigenvalue weighted by Gasteiger charge is -2.03. The smallest absolute Gasteiger partial charge is 0.396 e. The second-order valence-corrected chi connectivity index (χ2v) is 4.23. The lowest BCUT2D eigenvalue weighted by Crippen LogP contribution is -2.00. The Morgan fingerprint density at radius 3 is 2.85 bits per heavy atom. The van der Waals surface area contributed by atoms with Gasteiger partial charge in [0.25, 0.3) is 0 Å². The van der Waals surface area contributed by atoms with Crippen LogP contribution in [0, 0.1) is 6.92 Å². The molecular weight excluding hydrogens is 258 g/mol. The van der Waals surface area contributed by atoms with Gasteiger partial charge in [0, 0.05) is 11.1 Å². The molecule has 0 aliphatic rings. The van der Waals surface area contributed by atoms with Gasteiger partial charge in [0.05, 0.1) is 18.2 Å². The van der Waals surface area contributed by atoms with Crippen molar-refractivity contribution in [3.8, 4) is 11.5 Å². The van der Waals surface area contributed by atoms with Crippen LogP contribution in [0.1, 0.15) is 16.4 Å². The van der Waals surface area contributed by atoms with E-state index in [0.717, 1.165) is 22.2 Å². The number of methoxy groups -OCH3 is 1. The number of hydrogen-bond donors (Lipinski definition) is 0. The first-order valence-electron chi connectivity index (χ1n) is 5.97. The van der Waals surface area contributed by atoms with Gasteiger partial charge in [0.1, 0.15) is 0 Å². The van der Waals surface area contributed by atoms with Crippen molar-refractivity contribution in [2.24, 2.45) is 0 Å². The molecule has 0 amide bonds. The minimum Gasteiger partial charge on any atom is -0.462 e. The van der Waals surface area contributed by atoms with Gasteiger partial charge in [-0.05, 0) is 19.1 Å². The summed E-state index contributed by atoms with van der Waals surface area (Å²) < 4.78 is 9.91. The Kier molecular flexibility index (Phi) is 2.90. The van der Waals surface area contributed by atoms with E-state index >= 15 is 0 Å². The van der Waals surface area contributed by atoms with Crippen LogP contribution in [0.3, 0.4) is 0 Å². The largest absolute Gasteiger partial charge is 0.462 e. The molecule has 3 rings (SSSR count). The quantitative estimate of drug-likeness (QED) is 0.665. The molecule has 2 aromatic heterocycles. The van der Waals surface area contributed by atoms with Crippen LogP contribution in [-0.4, -0.2) is 28.3 Å². The number of aromatic nitrogens is 3. The van der Waals surface area contributed by atoms with Crippen LogP contribution >= 0.6 is 0 Å². The number of nitrogens with zero attached hydrogens (tertiary/aromatic N) is 3. The maximum atomic E-state index is 11.4. The van der Waals surface area contributed by atoms with E-state index in [9.17, 15) is 4.79 Å². The second kappa shape index (κ2) is 4.73. The number of fused-ring (bicyclic) bond motifs is 1. The highest BCUT2D eigenvalue weighted by atomic mass is 16.5. The average molecular weight is 269 g/mol.